The molecule has 2 N–H and O–H groups in total. The minimum absolute atomic E-state index is 0.113. The minimum Gasteiger partial charge on any atom is -0.482 e. The molecular formula is C26H21Cl2N3O3. The Labute approximate surface area is 207 Å². The first-order valence-corrected chi connectivity index (χ1v) is 11.0. The summed E-state index contributed by atoms with van der Waals surface area (Å²) < 4.78 is 5.54. The first kappa shape index (κ1) is 24.8. The number of aryl methyl sites for hydroxylation is 2. The van der Waals surface area contributed by atoms with Crippen molar-refractivity contribution in [3.05, 3.63) is 93.0 Å². The van der Waals surface area contributed by atoms with Crippen molar-refractivity contribution in [3.63, 3.8) is 0 Å². The van der Waals surface area contributed by atoms with Crippen LogP contribution in [0.3, 0.4) is 0 Å². The normalized spacial score (nSPS) is 10.9. The fourth-order valence-electron chi connectivity index (χ4n) is 3.00. The number of carbonyl (C=O) groups is 2. The molecule has 0 saturated heterocycles. The first-order valence-electron chi connectivity index (χ1n) is 10.2. The summed E-state index contributed by atoms with van der Waals surface area (Å²) in [6.07, 6.45) is 1.41. The lowest BCUT2D eigenvalue weighted by molar-refractivity contribution is -0.118. The highest BCUT2D eigenvalue weighted by atomic mass is 35.5. The number of anilines is 2. The predicted octanol–water partition coefficient (Wildman–Crippen LogP) is 6.17. The third-order valence-electron chi connectivity index (χ3n) is 4.74. The molecule has 0 atom stereocenters. The van der Waals surface area contributed by atoms with Crippen molar-refractivity contribution in [2.75, 3.05) is 17.2 Å². The van der Waals surface area contributed by atoms with E-state index in [1.165, 1.54) is 6.08 Å². The van der Waals surface area contributed by atoms with Crippen LogP contribution in [0, 0.1) is 25.2 Å². The summed E-state index contributed by atoms with van der Waals surface area (Å²) in [6.45, 7) is 3.62. The summed E-state index contributed by atoms with van der Waals surface area (Å²) in [7, 11) is 0. The van der Waals surface area contributed by atoms with E-state index in [0.717, 1.165) is 16.8 Å². The zero-order chi connectivity index (χ0) is 24.7. The first-order chi connectivity index (χ1) is 16.2. The van der Waals surface area contributed by atoms with Crippen molar-refractivity contribution in [3.8, 4) is 11.8 Å². The van der Waals surface area contributed by atoms with E-state index in [0.29, 0.717) is 22.0 Å². The highest BCUT2D eigenvalue weighted by molar-refractivity contribution is 6.32. The van der Waals surface area contributed by atoms with Crippen LogP contribution < -0.4 is 15.4 Å². The Morgan fingerprint density at radius 1 is 1.03 bits per heavy atom. The second-order valence-corrected chi connectivity index (χ2v) is 8.32. The molecule has 0 saturated carbocycles. The number of benzene rings is 3. The lowest BCUT2D eigenvalue weighted by Gasteiger charge is -2.11. The fourth-order valence-corrected chi connectivity index (χ4v) is 3.44. The van der Waals surface area contributed by atoms with Gasteiger partial charge in [0.25, 0.3) is 11.8 Å². The van der Waals surface area contributed by atoms with E-state index in [1.54, 1.807) is 42.5 Å². The molecule has 0 heterocycles. The average molecular weight is 494 g/mol. The molecule has 8 heteroatoms. The Balaban J connectivity index is 1.64. The average Bonchev–Trinajstić information content (AvgIpc) is 2.79. The van der Waals surface area contributed by atoms with Gasteiger partial charge in [0.2, 0.25) is 0 Å². The van der Waals surface area contributed by atoms with E-state index in [9.17, 15) is 14.9 Å². The van der Waals surface area contributed by atoms with Crippen LogP contribution in [0.5, 0.6) is 5.75 Å². The lowest BCUT2D eigenvalue weighted by atomic mass is 10.1. The molecule has 172 valence electrons. The van der Waals surface area contributed by atoms with Crippen LogP contribution in [-0.2, 0) is 9.59 Å². The summed E-state index contributed by atoms with van der Waals surface area (Å²) >= 11 is 12.2. The van der Waals surface area contributed by atoms with Crippen molar-refractivity contribution >= 4 is 52.5 Å². The molecule has 2 amide bonds. The quantitative estimate of drug-likeness (QED) is 0.304. The molecule has 0 aliphatic rings. The largest absolute Gasteiger partial charge is 0.482 e. The number of hydrogen-bond donors (Lipinski definition) is 2. The van der Waals surface area contributed by atoms with Gasteiger partial charge in [-0.2, -0.15) is 5.26 Å². The van der Waals surface area contributed by atoms with Gasteiger partial charge in [-0.1, -0.05) is 47.5 Å². The number of nitrogens with one attached hydrogen (secondary N) is 2. The minimum atomic E-state index is -0.579. The summed E-state index contributed by atoms with van der Waals surface area (Å²) in [5, 5.41) is 15.6. The van der Waals surface area contributed by atoms with E-state index in [-0.39, 0.29) is 23.1 Å². The summed E-state index contributed by atoms with van der Waals surface area (Å²) in [4.78, 5) is 24.7. The van der Waals surface area contributed by atoms with Crippen molar-refractivity contribution in [1.29, 1.82) is 5.26 Å². The number of rotatable bonds is 7. The molecular weight excluding hydrogens is 473 g/mol. The Bertz CT molecular complexity index is 1310. The molecule has 3 rings (SSSR count). The van der Waals surface area contributed by atoms with Crippen LogP contribution in [0.15, 0.2) is 66.2 Å². The standard InChI is InChI=1S/C26H21Cl2N3O3/c1-16-6-7-17(2)23(10-16)31-25(32)15-34-24-9-8-18(12-22(24)28)11-19(14-29)26(33)30-21-5-3-4-20(27)13-21/h3-13H,15H2,1-2H3,(H,30,33)(H,31,32)/b19-11-. The number of hydrogen-bond acceptors (Lipinski definition) is 4. The zero-order valence-corrected chi connectivity index (χ0v) is 20.0. The van der Waals surface area contributed by atoms with Gasteiger partial charge in [0.05, 0.1) is 5.02 Å². The monoisotopic (exact) mass is 493 g/mol. The van der Waals surface area contributed by atoms with Crippen molar-refractivity contribution in [2.24, 2.45) is 0 Å². The van der Waals surface area contributed by atoms with Crippen LogP contribution in [0.4, 0.5) is 11.4 Å². The SMILES string of the molecule is Cc1ccc(C)c(NC(=O)COc2ccc(/C=C(/C#N)C(=O)Nc3cccc(Cl)c3)cc2Cl)c1. The van der Waals surface area contributed by atoms with Crippen molar-refractivity contribution in [2.45, 2.75) is 13.8 Å². The van der Waals surface area contributed by atoms with Gasteiger partial charge in [-0.05, 0) is 73.0 Å². The topological polar surface area (TPSA) is 91.2 Å². The van der Waals surface area contributed by atoms with Gasteiger partial charge in [-0.25, -0.2) is 0 Å². The molecule has 3 aromatic rings. The third kappa shape index (κ3) is 6.85. The van der Waals surface area contributed by atoms with E-state index >= 15 is 0 Å². The summed E-state index contributed by atoms with van der Waals surface area (Å²) in [5.74, 6) is -0.598. The summed E-state index contributed by atoms with van der Waals surface area (Å²) in [6, 6.07) is 19.0. The predicted molar refractivity (Wildman–Crippen MR) is 135 cm³/mol. The third-order valence-corrected chi connectivity index (χ3v) is 5.27. The maximum absolute atomic E-state index is 12.4. The number of nitrogens with zero attached hydrogens (tertiary/aromatic N) is 1. The number of carbonyl (C=O) groups excluding carboxylic acids is 2. The maximum Gasteiger partial charge on any atom is 0.266 e. The molecule has 0 radical (unpaired) electrons. The van der Waals surface area contributed by atoms with E-state index < -0.39 is 5.91 Å². The highest BCUT2D eigenvalue weighted by Gasteiger charge is 2.12. The molecule has 6 nitrogen and oxygen atoms in total. The summed E-state index contributed by atoms with van der Waals surface area (Å²) in [5.41, 5.74) is 3.58. The molecule has 0 aliphatic carbocycles. The van der Waals surface area contributed by atoms with Gasteiger partial charge in [0.15, 0.2) is 6.61 Å². The Morgan fingerprint density at radius 2 is 1.82 bits per heavy atom. The van der Waals surface area contributed by atoms with E-state index in [4.69, 9.17) is 27.9 Å². The fraction of sp³-hybridized carbons (Fsp3) is 0.115. The second-order valence-electron chi connectivity index (χ2n) is 7.48. The number of amides is 2. The molecule has 0 aromatic heterocycles. The van der Waals surface area contributed by atoms with Crippen LogP contribution in [0.2, 0.25) is 10.0 Å². The molecule has 0 fully saturated rings. The molecule has 0 aliphatic heterocycles. The highest BCUT2D eigenvalue weighted by Crippen LogP contribution is 2.27. The molecule has 34 heavy (non-hydrogen) atoms. The van der Waals surface area contributed by atoms with Gasteiger partial charge in [0, 0.05) is 16.4 Å². The smallest absolute Gasteiger partial charge is 0.266 e. The maximum atomic E-state index is 12.4. The second kappa shape index (κ2) is 11.4. The van der Waals surface area contributed by atoms with Crippen molar-refractivity contribution in [1.82, 2.24) is 0 Å². The molecule has 0 spiro atoms. The lowest BCUT2D eigenvalue weighted by Crippen LogP contribution is -2.20. The number of nitriles is 1. The van der Waals surface area contributed by atoms with Crippen LogP contribution in [0.1, 0.15) is 16.7 Å². The van der Waals surface area contributed by atoms with E-state index in [1.807, 2.05) is 38.1 Å². The van der Waals surface area contributed by atoms with Gasteiger partial charge in [-0.15, -0.1) is 0 Å². The molecule has 3 aromatic carbocycles. The molecule has 0 unspecified atom stereocenters. The number of halogens is 2. The van der Waals surface area contributed by atoms with Crippen LogP contribution >= 0.6 is 23.2 Å². The van der Waals surface area contributed by atoms with Crippen LogP contribution in [0.25, 0.3) is 6.08 Å². The Kier molecular flexibility index (Phi) is 8.31. The van der Waals surface area contributed by atoms with Gasteiger partial charge in [0.1, 0.15) is 17.4 Å². The number of ether oxygens (including phenoxy) is 1. The van der Waals surface area contributed by atoms with Gasteiger partial charge in [-0.3, -0.25) is 9.59 Å². The van der Waals surface area contributed by atoms with Crippen LogP contribution in [-0.4, -0.2) is 18.4 Å². The van der Waals surface area contributed by atoms with E-state index in [2.05, 4.69) is 10.6 Å². The van der Waals surface area contributed by atoms with Crippen molar-refractivity contribution < 1.29 is 14.3 Å². The van der Waals surface area contributed by atoms with Gasteiger partial charge >= 0.3 is 0 Å². The molecule has 0 bridgehead atoms. The zero-order valence-electron chi connectivity index (χ0n) is 18.5. The van der Waals surface area contributed by atoms with Gasteiger partial charge < -0.3 is 15.4 Å². The Hall–Kier alpha value is -3.79. The Morgan fingerprint density at radius 3 is 2.53 bits per heavy atom.